The Morgan fingerprint density at radius 3 is 2.62 bits per heavy atom. The Hall–Kier alpha value is -1.09. The number of rotatable bonds is 5. The van der Waals surface area contributed by atoms with Crippen molar-refractivity contribution in [2.24, 2.45) is 11.7 Å². The van der Waals surface area contributed by atoms with Crippen LogP contribution in [0.5, 0.6) is 0 Å². The fourth-order valence-corrected chi connectivity index (χ4v) is 1.95. The summed E-state index contributed by atoms with van der Waals surface area (Å²) >= 11 is 0. The summed E-state index contributed by atoms with van der Waals surface area (Å²) in [6.07, 6.45) is 4.61. The van der Waals surface area contributed by atoms with E-state index in [2.05, 4.69) is 29.8 Å². The zero-order chi connectivity index (χ0) is 11.5. The molecule has 0 unspecified atom stereocenters. The molecule has 1 aromatic heterocycles. The minimum atomic E-state index is 0.522. The number of aromatic nitrogens is 1. The molecular weight excluding hydrogens is 198 g/mol. The van der Waals surface area contributed by atoms with E-state index in [1.165, 1.54) is 18.5 Å². The molecule has 1 aromatic rings. The molecule has 0 bridgehead atoms. The van der Waals surface area contributed by atoms with Gasteiger partial charge in [-0.15, -0.1) is 0 Å². The quantitative estimate of drug-likeness (QED) is 0.825. The van der Waals surface area contributed by atoms with Crippen LogP contribution in [0, 0.1) is 5.92 Å². The van der Waals surface area contributed by atoms with Gasteiger partial charge in [0.1, 0.15) is 0 Å². The van der Waals surface area contributed by atoms with E-state index in [1.807, 2.05) is 12.3 Å². The van der Waals surface area contributed by atoms with Crippen LogP contribution in [0.25, 0.3) is 0 Å². The van der Waals surface area contributed by atoms with Crippen LogP contribution < -0.4 is 10.6 Å². The lowest BCUT2D eigenvalue weighted by molar-refractivity contribution is 0.606. The van der Waals surface area contributed by atoms with Crippen molar-refractivity contribution in [3.8, 4) is 0 Å². The lowest BCUT2D eigenvalue weighted by Crippen LogP contribution is -2.29. The Bertz CT molecular complexity index is 328. The molecule has 0 saturated heterocycles. The number of nitrogens with two attached hydrogens (primary N) is 1. The van der Waals surface area contributed by atoms with Gasteiger partial charge in [-0.25, -0.2) is 0 Å². The van der Waals surface area contributed by atoms with Gasteiger partial charge in [0.2, 0.25) is 0 Å². The van der Waals surface area contributed by atoms with Crippen molar-refractivity contribution in [1.29, 1.82) is 0 Å². The van der Waals surface area contributed by atoms with Crippen molar-refractivity contribution in [2.75, 3.05) is 11.4 Å². The second-order valence-corrected chi connectivity index (χ2v) is 4.99. The van der Waals surface area contributed by atoms with Crippen LogP contribution in [0.4, 0.5) is 5.69 Å². The smallest absolute Gasteiger partial charge is 0.0555 e. The molecular formula is C13H21N3. The topological polar surface area (TPSA) is 42.1 Å². The fourth-order valence-electron chi connectivity index (χ4n) is 1.95. The van der Waals surface area contributed by atoms with E-state index >= 15 is 0 Å². The first-order valence-corrected chi connectivity index (χ1v) is 6.12. The Kier molecular flexibility index (Phi) is 3.44. The SMILES string of the molecule is CC(C)CN(c1ccc(CN)nc1)C1CC1. The molecule has 88 valence electrons. The number of hydrogen-bond donors (Lipinski definition) is 1. The van der Waals surface area contributed by atoms with Crippen molar-refractivity contribution in [2.45, 2.75) is 39.3 Å². The van der Waals surface area contributed by atoms with Gasteiger partial charge >= 0.3 is 0 Å². The summed E-state index contributed by atoms with van der Waals surface area (Å²) in [6, 6.07) is 4.92. The molecule has 1 heterocycles. The second kappa shape index (κ2) is 4.83. The predicted molar refractivity (Wildman–Crippen MR) is 67.3 cm³/mol. The highest BCUT2D eigenvalue weighted by Gasteiger charge is 2.29. The van der Waals surface area contributed by atoms with Gasteiger partial charge in [-0.1, -0.05) is 13.8 Å². The van der Waals surface area contributed by atoms with Crippen molar-refractivity contribution in [3.63, 3.8) is 0 Å². The monoisotopic (exact) mass is 219 g/mol. The predicted octanol–water partition coefficient (Wildman–Crippen LogP) is 2.17. The maximum Gasteiger partial charge on any atom is 0.0555 e. The third-order valence-electron chi connectivity index (χ3n) is 2.90. The summed E-state index contributed by atoms with van der Waals surface area (Å²) in [5.74, 6) is 0.690. The maximum atomic E-state index is 5.55. The van der Waals surface area contributed by atoms with E-state index in [1.54, 1.807) is 0 Å². The van der Waals surface area contributed by atoms with Crippen LogP contribution in [0.1, 0.15) is 32.4 Å². The van der Waals surface area contributed by atoms with E-state index in [4.69, 9.17) is 5.73 Å². The third-order valence-corrected chi connectivity index (χ3v) is 2.90. The molecule has 3 heteroatoms. The van der Waals surface area contributed by atoms with Gasteiger partial charge in [-0.2, -0.15) is 0 Å². The zero-order valence-corrected chi connectivity index (χ0v) is 10.2. The Morgan fingerprint density at radius 2 is 2.19 bits per heavy atom. The summed E-state index contributed by atoms with van der Waals surface area (Å²) in [7, 11) is 0. The zero-order valence-electron chi connectivity index (χ0n) is 10.2. The van der Waals surface area contributed by atoms with Crippen LogP contribution in [0.2, 0.25) is 0 Å². The molecule has 0 atom stereocenters. The lowest BCUT2D eigenvalue weighted by Gasteiger charge is -2.26. The van der Waals surface area contributed by atoms with Crippen molar-refractivity contribution in [1.82, 2.24) is 4.98 Å². The minimum absolute atomic E-state index is 0.522. The maximum absolute atomic E-state index is 5.55. The molecule has 1 aliphatic carbocycles. The highest BCUT2D eigenvalue weighted by atomic mass is 15.2. The molecule has 3 nitrogen and oxygen atoms in total. The number of anilines is 1. The molecule has 0 aliphatic heterocycles. The molecule has 16 heavy (non-hydrogen) atoms. The molecule has 0 spiro atoms. The Balaban J connectivity index is 2.11. The number of hydrogen-bond acceptors (Lipinski definition) is 3. The molecule has 0 amide bonds. The standard InChI is InChI=1S/C13H21N3/c1-10(2)9-16(12-5-6-12)13-4-3-11(7-14)15-8-13/h3-4,8,10,12H,5-7,9,14H2,1-2H3. The molecule has 0 radical (unpaired) electrons. The van der Waals surface area contributed by atoms with Crippen LogP contribution in [0.3, 0.4) is 0 Å². The first-order chi connectivity index (χ1) is 7.70. The minimum Gasteiger partial charge on any atom is -0.367 e. The van der Waals surface area contributed by atoms with Gasteiger partial charge in [0.05, 0.1) is 17.6 Å². The summed E-state index contributed by atoms with van der Waals surface area (Å²) in [5, 5.41) is 0. The molecule has 2 N–H and O–H groups in total. The van der Waals surface area contributed by atoms with E-state index in [-0.39, 0.29) is 0 Å². The third kappa shape index (κ3) is 2.73. The first-order valence-electron chi connectivity index (χ1n) is 6.12. The second-order valence-electron chi connectivity index (χ2n) is 4.99. The summed E-state index contributed by atoms with van der Waals surface area (Å²) < 4.78 is 0. The van der Waals surface area contributed by atoms with Gasteiger partial charge in [0.25, 0.3) is 0 Å². The van der Waals surface area contributed by atoms with Crippen LogP contribution in [-0.4, -0.2) is 17.6 Å². The van der Waals surface area contributed by atoms with E-state index in [0.717, 1.165) is 18.3 Å². The number of nitrogens with zero attached hydrogens (tertiary/aromatic N) is 2. The van der Waals surface area contributed by atoms with Crippen molar-refractivity contribution >= 4 is 5.69 Å². The summed E-state index contributed by atoms with van der Waals surface area (Å²) in [5.41, 5.74) is 7.76. The van der Waals surface area contributed by atoms with Crippen molar-refractivity contribution < 1.29 is 0 Å². The summed E-state index contributed by atoms with van der Waals surface area (Å²) in [4.78, 5) is 6.85. The normalized spacial score (nSPS) is 15.5. The molecule has 0 aromatic carbocycles. The van der Waals surface area contributed by atoms with Gasteiger partial charge < -0.3 is 10.6 Å². The molecule has 1 saturated carbocycles. The van der Waals surface area contributed by atoms with Crippen molar-refractivity contribution in [3.05, 3.63) is 24.0 Å². The average molecular weight is 219 g/mol. The van der Waals surface area contributed by atoms with Crippen LogP contribution in [-0.2, 0) is 6.54 Å². The Labute approximate surface area is 97.7 Å². The highest BCUT2D eigenvalue weighted by Crippen LogP contribution is 2.31. The van der Waals surface area contributed by atoms with E-state index < -0.39 is 0 Å². The fraction of sp³-hybridized carbons (Fsp3) is 0.615. The van der Waals surface area contributed by atoms with E-state index in [0.29, 0.717) is 12.5 Å². The largest absolute Gasteiger partial charge is 0.367 e. The molecule has 1 aliphatic rings. The van der Waals surface area contributed by atoms with Gasteiger partial charge in [-0.05, 0) is 30.9 Å². The lowest BCUT2D eigenvalue weighted by atomic mass is 10.2. The highest BCUT2D eigenvalue weighted by molar-refractivity contribution is 5.47. The molecule has 2 rings (SSSR count). The van der Waals surface area contributed by atoms with Crippen LogP contribution >= 0.6 is 0 Å². The average Bonchev–Trinajstić information content (AvgIpc) is 3.10. The van der Waals surface area contributed by atoms with Gasteiger partial charge in [0, 0.05) is 19.1 Å². The number of pyridine rings is 1. The Morgan fingerprint density at radius 1 is 1.44 bits per heavy atom. The van der Waals surface area contributed by atoms with E-state index in [9.17, 15) is 0 Å². The van der Waals surface area contributed by atoms with Crippen LogP contribution in [0.15, 0.2) is 18.3 Å². The first kappa shape index (κ1) is 11.4. The summed E-state index contributed by atoms with van der Waals surface area (Å²) in [6.45, 7) is 6.16. The van der Waals surface area contributed by atoms with Gasteiger partial charge in [0.15, 0.2) is 0 Å². The van der Waals surface area contributed by atoms with Gasteiger partial charge in [-0.3, -0.25) is 4.98 Å². The molecule has 1 fully saturated rings.